The van der Waals surface area contributed by atoms with Gasteiger partial charge in [-0.15, -0.1) is 11.3 Å². The van der Waals surface area contributed by atoms with Crippen LogP contribution in [-0.4, -0.2) is 23.2 Å². The molecule has 0 saturated carbocycles. The van der Waals surface area contributed by atoms with Crippen molar-refractivity contribution in [3.8, 4) is 5.88 Å². The maximum absolute atomic E-state index is 10.7. The van der Waals surface area contributed by atoms with Crippen LogP contribution in [0.2, 0.25) is 0 Å². The molecule has 5 nitrogen and oxygen atoms in total. The second kappa shape index (κ2) is 5.50. The molecule has 0 fully saturated rings. The first-order valence-corrected chi connectivity index (χ1v) is 6.12. The number of aromatic nitrogens is 1. The Bertz CT molecular complexity index is 554. The summed E-state index contributed by atoms with van der Waals surface area (Å²) >= 11 is 1.41. The number of carbonyl (C=O) groups is 1. The number of hydrogen-bond acceptors (Lipinski definition) is 5. The first-order chi connectivity index (χ1) is 8.70. The van der Waals surface area contributed by atoms with E-state index in [2.05, 4.69) is 10.3 Å². The van der Waals surface area contributed by atoms with E-state index < -0.39 is 5.97 Å². The molecule has 2 aromatic heterocycles. The molecule has 0 radical (unpaired) electrons. The molecule has 0 atom stereocenters. The molecule has 0 aliphatic heterocycles. The van der Waals surface area contributed by atoms with Crippen LogP contribution in [0, 0.1) is 0 Å². The van der Waals surface area contributed by atoms with Gasteiger partial charge in [0.2, 0.25) is 5.88 Å². The van der Waals surface area contributed by atoms with Gasteiger partial charge in [0.25, 0.3) is 0 Å². The highest BCUT2D eigenvalue weighted by atomic mass is 32.1. The van der Waals surface area contributed by atoms with E-state index in [9.17, 15) is 4.79 Å². The lowest BCUT2D eigenvalue weighted by molar-refractivity contribution is 0.0697. The van der Waals surface area contributed by atoms with Crippen LogP contribution in [0.15, 0.2) is 29.8 Å². The smallest absolute Gasteiger partial charge is 0.336 e. The van der Waals surface area contributed by atoms with Crippen LogP contribution in [0.5, 0.6) is 5.88 Å². The van der Waals surface area contributed by atoms with Crippen LogP contribution in [0.25, 0.3) is 0 Å². The quantitative estimate of drug-likeness (QED) is 0.868. The Hall–Kier alpha value is -2.08. The fourth-order valence-electron chi connectivity index (χ4n) is 1.46. The molecule has 0 bridgehead atoms. The molecule has 0 amide bonds. The maximum Gasteiger partial charge on any atom is 0.336 e. The Morgan fingerprint density at radius 1 is 1.61 bits per heavy atom. The van der Waals surface area contributed by atoms with E-state index in [4.69, 9.17) is 9.84 Å². The lowest BCUT2D eigenvalue weighted by atomic mass is 10.3. The minimum Gasteiger partial charge on any atom is -0.480 e. The average molecular weight is 264 g/mol. The molecular formula is C12H12N2O3S. The highest BCUT2D eigenvalue weighted by Crippen LogP contribution is 2.22. The SMILES string of the molecule is COc1ncccc1NCc1cc(C(=O)O)cs1. The van der Waals surface area contributed by atoms with E-state index in [1.807, 2.05) is 12.1 Å². The van der Waals surface area contributed by atoms with E-state index in [1.54, 1.807) is 24.8 Å². The number of anilines is 1. The fourth-order valence-corrected chi connectivity index (χ4v) is 2.25. The average Bonchev–Trinajstić information content (AvgIpc) is 2.85. The summed E-state index contributed by atoms with van der Waals surface area (Å²) in [6, 6.07) is 5.32. The monoisotopic (exact) mass is 264 g/mol. The van der Waals surface area contributed by atoms with Crippen LogP contribution in [0.4, 0.5) is 5.69 Å². The van der Waals surface area contributed by atoms with Crippen LogP contribution < -0.4 is 10.1 Å². The molecule has 0 spiro atoms. The zero-order valence-corrected chi connectivity index (χ0v) is 10.5. The van der Waals surface area contributed by atoms with Gasteiger partial charge < -0.3 is 15.2 Å². The molecule has 6 heteroatoms. The van der Waals surface area contributed by atoms with Gasteiger partial charge in [0.05, 0.1) is 18.4 Å². The lowest BCUT2D eigenvalue weighted by Gasteiger charge is -2.08. The summed E-state index contributed by atoms with van der Waals surface area (Å²) in [5.41, 5.74) is 1.10. The largest absolute Gasteiger partial charge is 0.480 e. The van der Waals surface area contributed by atoms with Crippen molar-refractivity contribution in [2.24, 2.45) is 0 Å². The van der Waals surface area contributed by atoms with E-state index >= 15 is 0 Å². The van der Waals surface area contributed by atoms with Crippen molar-refractivity contribution in [1.82, 2.24) is 4.98 Å². The van der Waals surface area contributed by atoms with Gasteiger partial charge in [-0.2, -0.15) is 0 Å². The Balaban J connectivity index is 2.04. The summed E-state index contributed by atoms with van der Waals surface area (Å²) in [7, 11) is 1.56. The van der Waals surface area contributed by atoms with E-state index in [0.717, 1.165) is 10.6 Å². The number of carboxylic acids is 1. The number of rotatable bonds is 5. The lowest BCUT2D eigenvalue weighted by Crippen LogP contribution is -2.01. The Kier molecular flexibility index (Phi) is 3.78. The predicted molar refractivity (Wildman–Crippen MR) is 69.4 cm³/mol. The molecule has 0 saturated heterocycles. The normalized spacial score (nSPS) is 10.1. The first kappa shape index (κ1) is 12.4. The van der Waals surface area contributed by atoms with Gasteiger partial charge in [0.15, 0.2) is 0 Å². The molecular weight excluding hydrogens is 252 g/mol. The van der Waals surface area contributed by atoms with Crippen molar-refractivity contribution in [2.45, 2.75) is 6.54 Å². The third-order valence-corrected chi connectivity index (χ3v) is 3.26. The topological polar surface area (TPSA) is 71.5 Å². The third kappa shape index (κ3) is 2.78. The van der Waals surface area contributed by atoms with E-state index in [-0.39, 0.29) is 0 Å². The van der Waals surface area contributed by atoms with Crippen molar-refractivity contribution in [2.75, 3.05) is 12.4 Å². The molecule has 0 unspecified atom stereocenters. The number of methoxy groups -OCH3 is 1. The van der Waals surface area contributed by atoms with Gasteiger partial charge in [0, 0.05) is 23.0 Å². The molecule has 0 aromatic carbocycles. The number of hydrogen-bond donors (Lipinski definition) is 2. The van der Waals surface area contributed by atoms with Gasteiger partial charge in [-0.1, -0.05) is 0 Å². The number of aromatic carboxylic acids is 1. The second-order valence-electron chi connectivity index (χ2n) is 3.52. The Morgan fingerprint density at radius 3 is 3.11 bits per heavy atom. The van der Waals surface area contributed by atoms with Gasteiger partial charge >= 0.3 is 5.97 Å². The number of nitrogens with zero attached hydrogens (tertiary/aromatic N) is 1. The van der Waals surface area contributed by atoms with E-state index in [0.29, 0.717) is 18.0 Å². The minimum absolute atomic E-state index is 0.315. The van der Waals surface area contributed by atoms with Crippen LogP contribution in [-0.2, 0) is 6.54 Å². The molecule has 2 heterocycles. The Morgan fingerprint density at radius 2 is 2.44 bits per heavy atom. The van der Waals surface area contributed by atoms with Gasteiger partial charge in [-0.25, -0.2) is 9.78 Å². The highest BCUT2D eigenvalue weighted by Gasteiger charge is 2.07. The zero-order chi connectivity index (χ0) is 13.0. The number of pyridine rings is 1. The third-order valence-electron chi connectivity index (χ3n) is 2.32. The van der Waals surface area contributed by atoms with Crippen LogP contribution in [0.3, 0.4) is 0 Å². The molecule has 0 aliphatic carbocycles. The number of ether oxygens (including phenoxy) is 1. The standard InChI is InChI=1S/C12H12N2O3S/c1-17-11-10(3-2-4-13-11)14-6-9-5-8(7-18-9)12(15)16/h2-5,7,14H,6H2,1H3,(H,15,16). The molecule has 0 aliphatic rings. The second-order valence-corrected chi connectivity index (χ2v) is 4.52. The van der Waals surface area contributed by atoms with Crippen molar-refractivity contribution < 1.29 is 14.6 Å². The fraction of sp³-hybridized carbons (Fsp3) is 0.167. The zero-order valence-electron chi connectivity index (χ0n) is 9.71. The highest BCUT2D eigenvalue weighted by molar-refractivity contribution is 7.10. The van der Waals surface area contributed by atoms with E-state index in [1.165, 1.54) is 11.3 Å². The molecule has 2 aromatic rings. The first-order valence-electron chi connectivity index (χ1n) is 5.24. The van der Waals surface area contributed by atoms with Crippen LogP contribution in [0.1, 0.15) is 15.2 Å². The summed E-state index contributed by atoms with van der Waals surface area (Å²) in [6.45, 7) is 0.542. The molecule has 94 valence electrons. The molecule has 2 N–H and O–H groups in total. The van der Waals surface area contributed by atoms with Gasteiger partial charge in [-0.05, 0) is 18.2 Å². The number of thiophene rings is 1. The predicted octanol–water partition coefficient (Wildman–Crippen LogP) is 2.46. The van der Waals surface area contributed by atoms with Crippen molar-refractivity contribution in [3.05, 3.63) is 40.2 Å². The molecule has 18 heavy (non-hydrogen) atoms. The number of nitrogens with one attached hydrogen (secondary N) is 1. The summed E-state index contributed by atoms with van der Waals surface area (Å²) in [6.07, 6.45) is 1.65. The van der Waals surface area contributed by atoms with Gasteiger partial charge in [0.1, 0.15) is 0 Å². The Labute approximate surface area is 108 Å². The minimum atomic E-state index is -0.906. The summed E-state index contributed by atoms with van der Waals surface area (Å²) < 4.78 is 5.11. The van der Waals surface area contributed by atoms with Gasteiger partial charge in [-0.3, -0.25) is 0 Å². The summed E-state index contributed by atoms with van der Waals surface area (Å²) in [5.74, 6) is -0.385. The van der Waals surface area contributed by atoms with Crippen molar-refractivity contribution in [1.29, 1.82) is 0 Å². The maximum atomic E-state index is 10.7. The van der Waals surface area contributed by atoms with Crippen LogP contribution >= 0.6 is 11.3 Å². The number of carboxylic acid groups (broad SMARTS) is 1. The summed E-state index contributed by atoms with van der Waals surface area (Å²) in [5, 5.41) is 13.6. The van der Waals surface area contributed by atoms with Crippen molar-refractivity contribution >= 4 is 23.0 Å². The summed E-state index contributed by atoms with van der Waals surface area (Å²) in [4.78, 5) is 15.8. The molecule has 2 rings (SSSR count). The van der Waals surface area contributed by atoms with Crippen molar-refractivity contribution in [3.63, 3.8) is 0 Å².